The molecule has 0 bridgehead atoms. The van der Waals surface area contributed by atoms with Crippen LogP contribution in [0.15, 0.2) is 65.4 Å². The van der Waals surface area contributed by atoms with Crippen LogP contribution in [0.3, 0.4) is 0 Å². The lowest BCUT2D eigenvalue weighted by atomic mass is 10.2. The van der Waals surface area contributed by atoms with Crippen LogP contribution in [-0.4, -0.2) is 18.6 Å². The highest BCUT2D eigenvalue weighted by atomic mass is 32.2. The summed E-state index contributed by atoms with van der Waals surface area (Å²) in [5.74, 6) is 1.02. The van der Waals surface area contributed by atoms with Gasteiger partial charge >= 0.3 is 0 Å². The number of hydrogen-bond acceptors (Lipinski definition) is 4. The molecule has 0 spiro atoms. The minimum atomic E-state index is -0.670. The Bertz CT molecular complexity index is 702. The summed E-state index contributed by atoms with van der Waals surface area (Å²) < 4.78 is 11.3. The molecular formula is C17H15NO3S. The van der Waals surface area contributed by atoms with Gasteiger partial charge in [-0.25, -0.2) is 0 Å². The molecule has 1 aliphatic heterocycles. The molecule has 0 aliphatic carbocycles. The van der Waals surface area contributed by atoms with Crippen molar-refractivity contribution in [2.24, 2.45) is 0 Å². The van der Waals surface area contributed by atoms with Gasteiger partial charge in [0, 0.05) is 4.90 Å². The summed E-state index contributed by atoms with van der Waals surface area (Å²) in [4.78, 5) is 13.3. The Morgan fingerprint density at radius 3 is 2.73 bits per heavy atom. The monoisotopic (exact) mass is 313 g/mol. The Kier molecular flexibility index (Phi) is 4.34. The van der Waals surface area contributed by atoms with E-state index in [1.54, 1.807) is 11.5 Å². The molecule has 0 aromatic heterocycles. The maximum atomic E-state index is 12.4. The maximum absolute atomic E-state index is 12.4. The second kappa shape index (κ2) is 6.58. The molecular weight excluding hydrogens is 298 g/mol. The van der Waals surface area contributed by atoms with E-state index in [9.17, 15) is 4.79 Å². The average Bonchev–Trinajstić information content (AvgIpc) is 2.56. The van der Waals surface area contributed by atoms with Gasteiger partial charge in [0.2, 0.25) is 6.10 Å². The predicted molar refractivity (Wildman–Crippen MR) is 87.5 cm³/mol. The maximum Gasteiger partial charge on any atom is 0.269 e. The third-order valence-electron chi connectivity index (χ3n) is 3.16. The van der Waals surface area contributed by atoms with Crippen molar-refractivity contribution < 1.29 is 14.3 Å². The van der Waals surface area contributed by atoms with Gasteiger partial charge in [0.25, 0.3) is 5.91 Å². The number of anilines is 1. The van der Waals surface area contributed by atoms with Gasteiger partial charge in [-0.15, -0.1) is 0 Å². The number of carbonyl (C=O) groups is 1. The molecule has 0 unspecified atom stereocenters. The van der Waals surface area contributed by atoms with E-state index in [0.29, 0.717) is 11.5 Å². The zero-order valence-corrected chi connectivity index (χ0v) is 12.6. The van der Waals surface area contributed by atoms with Crippen molar-refractivity contribution in [2.75, 3.05) is 11.9 Å². The van der Waals surface area contributed by atoms with E-state index < -0.39 is 6.10 Å². The Morgan fingerprint density at radius 1 is 1.18 bits per heavy atom. The van der Waals surface area contributed by atoms with Crippen LogP contribution >= 0.6 is 11.8 Å². The summed E-state index contributed by atoms with van der Waals surface area (Å²) in [6.07, 6.45) is -0.670. The molecule has 1 aliphatic rings. The van der Waals surface area contributed by atoms with Gasteiger partial charge in [-0.05, 0) is 29.7 Å². The quantitative estimate of drug-likeness (QED) is 0.874. The highest BCUT2D eigenvalue weighted by Gasteiger charge is 2.27. The van der Waals surface area contributed by atoms with E-state index in [1.165, 1.54) is 11.8 Å². The topological polar surface area (TPSA) is 47.6 Å². The first kappa shape index (κ1) is 14.5. The van der Waals surface area contributed by atoms with Gasteiger partial charge in [0.1, 0.15) is 6.61 Å². The number of carbonyl (C=O) groups excluding carboxylic acids is 1. The molecule has 1 N–H and O–H groups in total. The first-order chi connectivity index (χ1) is 10.8. The van der Waals surface area contributed by atoms with Crippen molar-refractivity contribution in [3.8, 4) is 11.5 Å². The van der Waals surface area contributed by atoms with Crippen LogP contribution in [0.5, 0.6) is 11.5 Å². The van der Waals surface area contributed by atoms with E-state index in [1.807, 2.05) is 42.5 Å². The van der Waals surface area contributed by atoms with E-state index in [4.69, 9.17) is 9.47 Å². The number of rotatable bonds is 4. The molecule has 0 saturated carbocycles. The summed E-state index contributed by atoms with van der Waals surface area (Å²) in [5.41, 5.74) is 0.736. The molecule has 1 atom stereocenters. The van der Waals surface area contributed by atoms with Crippen LogP contribution in [0.25, 0.3) is 0 Å². The number of amides is 1. The molecule has 0 fully saturated rings. The number of para-hydroxylation sites is 3. The van der Waals surface area contributed by atoms with Crippen molar-refractivity contribution in [3.05, 3.63) is 60.5 Å². The molecule has 5 heteroatoms. The lowest BCUT2D eigenvalue weighted by Gasteiger charge is -2.25. The average molecular weight is 313 g/mol. The molecule has 112 valence electrons. The smallest absolute Gasteiger partial charge is 0.269 e. The molecule has 2 aromatic carbocycles. The van der Waals surface area contributed by atoms with Crippen molar-refractivity contribution >= 4 is 23.4 Å². The van der Waals surface area contributed by atoms with Crippen molar-refractivity contribution in [1.29, 1.82) is 0 Å². The molecule has 2 aromatic rings. The van der Waals surface area contributed by atoms with Gasteiger partial charge in [-0.3, -0.25) is 4.79 Å². The summed E-state index contributed by atoms with van der Waals surface area (Å²) in [7, 11) is 0. The van der Waals surface area contributed by atoms with Gasteiger partial charge < -0.3 is 14.8 Å². The van der Waals surface area contributed by atoms with Crippen LogP contribution in [0.1, 0.15) is 0 Å². The number of hydrogen-bond donors (Lipinski definition) is 1. The van der Waals surface area contributed by atoms with Crippen molar-refractivity contribution in [1.82, 2.24) is 0 Å². The van der Waals surface area contributed by atoms with E-state index >= 15 is 0 Å². The van der Waals surface area contributed by atoms with Gasteiger partial charge in [0.15, 0.2) is 11.5 Å². The lowest BCUT2D eigenvalue weighted by Crippen LogP contribution is -2.40. The summed E-state index contributed by atoms with van der Waals surface area (Å²) >= 11 is 1.46. The second-order valence-electron chi connectivity index (χ2n) is 4.63. The predicted octanol–water partition coefficient (Wildman–Crippen LogP) is 3.70. The minimum Gasteiger partial charge on any atom is -0.485 e. The first-order valence-electron chi connectivity index (χ1n) is 6.84. The first-order valence-corrected chi connectivity index (χ1v) is 7.72. The molecule has 0 saturated heterocycles. The Hall–Kier alpha value is -2.40. The van der Waals surface area contributed by atoms with Gasteiger partial charge in [-0.1, -0.05) is 42.6 Å². The standard InChI is InChI=1S/C17H15NO3S/c1-2-22-16-10-6-3-7-12(16)18-17(19)15-11-20-13-8-4-5-9-14(13)21-15/h2-10,15H,1,11H2,(H,18,19)/t15-/m0/s1. The zero-order chi connectivity index (χ0) is 15.4. The fraction of sp³-hybridized carbons (Fsp3) is 0.118. The van der Waals surface area contributed by atoms with Crippen LogP contribution < -0.4 is 14.8 Å². The van der Waals surface area contributed by atoms with E-state index in [-0.39, 0.29) is 12.5 Å². The lowest BCUT2D eigenvalue weighted by molar-refractivity contribution is -0.125. The number of thioether (sulfide) groups is 1. The molecule has 0 radical (unpaired) electrons. The third-order valence-corrected chi connectivity index (χ3v) is 3.93. The minimum absolute atomic E-state index is 0.194. The summed E-state index contributed by atoms with van der Waals surface area (Å²) in [6, 6.07) is 14.9. The number of ether oxygens (including phenoxy) is 2. The van der Waals surface area contributed by atoms with Crippen molar-refractivity contribution in [3.63, 3.8) is 0 Å². The fourth-order valence-corrected chi connectivity index (χ4v) is 2.71. The Morgan fingerprint density at radius 2 is 1.91 bits per heavy atom. The third kappa shape index (κ3) is 3.09. The van der Waals surface area contributed by atoms with Crippen LogP contribution in [0.2, 0.25) is 0 Å². The Labute approximate surface area is 133 Å². The van der Waals surface area contributed by atoms with Crippen molar-refractivity contribution in [2.45, 2.75) is 11.0 Å². The normalized spacial score (nSPS) is 15.9. The zero-order valence-electron chi connectivity index (χ0n) is 11.8. The molecule has 1 amide bonds. The Balaban J connectivity index is 1.72. The number of benzene rings is 2. The fourth-order valence-electron chi connectivity index (χ4n) is 2.12. The highest BCUT2D eigenvalue weighted by Crippen LogP contribution is 2.32. The molecule has 22 heavy (non-hydrogen) atoms. The number of fused-ring (bicyclic) bond motifs is 1. The van der Waals surface area contributed by atoms with Crippen LogP contribution in [0, 0.1) is 0 Å². The molecule has 3 rings (SSSR count). The second-order valence-corrected chi connectivity index (χ2v) is 5.64. The van der Waals surface area contributed by atoms with Crippen LogP contribution in [0.4, 0.5) is 5.69 Å². The van der Waals surface area contributed by atoms with Crippen LogP contribution in [-0.2, 0) is 4.79 Å². The SMILES string of the molecule is C=CSc1ccccc1NC(=O)[C@@H]1COc2ccccc2O1. The van der Waals surface area contributed by atoms with E-state index in [2.05, 4.69) is 11.9 Å². The highest BCUT2D eigenvalue weighted by molar-refractivity contribution is 8.02. The van der Waals surface area contributed by atoms with Gasteiger partial charge in [-0.2, -0.15) is 0 Å². The largest absolute Gasteiger partial charge is 0.485 e. The van der Waals surface area contributed by atoms with E-state index in [0.717, 1.165) is 10.6 Å². The summed E-state index contributed by atoms with van der Waals surface area (Å²) in [5, 5.41) is 4.61. The molecule has 1 heterocycles. The number of nitrogens with one attached hydrogen (secondary N) is 1. The summed E-state index contributed by atoms with van der Waals surface area (Å²) in [6.45, 7) is 3.89. The van der Waals surface area contributed by atoms with Gasteiger partial charge in [0.05, 0.1) is 5.69 Å². The molecule has 4 nitrogen and oxygen atoms in total.